The zero-order valence-electron chi connectivity index (χ0n) is 4.05. The van der Waals surface area contributed by atoms with E-state index in [-0.39, 0.29) is 0 Å². The summed E-state index contributed by atoms with van der Waals surface area (Å²) >= 11 is 0. The summed E-state index contributed by atoms with van der Waals surface area (Å²) < 4.78 is 21.5. The highest BCUT2D eigenvalue weighted by atomic mass is 32.2. The molecule has 0 aromatic heterocycles. The Morgan fingerprint density at radius 3 is 2.44 bits per heavy atom. The number of rotatable bonds is 2. The number of hydrogen-bond donors (Lipinski definition) is 1. The Labute approximate surface area is 51.5 Å². The van der Waals surface area contributed by atoms with Gasteiger partial charge in [-0.2, -0.15) is 8.42 Å². The lowest BCUT2D eigenvalue weighted by Crippen LogP contribution is -1.93. The highest BCUT2D eigenvalue weighted by Crippen LogP contribution is 1.65. The molecule has 0 fully saturated rings. The molecule has 0 atom stereocenters. The lowest BCUT2D eigenvalue weighted by Gasteiger charge is -1.68. The number of carbonyl (C=O) groups is 1. The molecule has 0 amide bonds. The van der Waals surface area contributed by atoms with Crippen LogP contribution in [0.25, 0.3) is 0 Å². The van der Waals surface area contributed by atoms with Crippen LogP contribution >= 0.6 is 0 Å². The van der Waals surface area contributed by atoms with E-state index in [1.165, 1.54) is 0 Å². The average molecular weight is 150 g/mol. The predicted molar refractivity (Wildman–Crippen MR) is 27.5 cm³/mol. The molecular weight excluding hydrogens is 148 g/mol. The van der Waals surface area contributed by atoms with Gasteiger partial charge < -0.3 is 5.11 Å². The Bertz CT molecular complexity index is 242. The molecule has 0 aromatic carbocycles. The van der Waals surface area contributed by atoms with Crippen LogP contribution in [0.2, 0.25) is 0 Å². The third-order valence-corrected chi connectivity index (χ3v) is 0.510. The molecular formula is C2H2N2O4S. The van der Waals surface area contributed by atoms with Crippen LogP contribution in [0.15, 0.2) is 9.57 Å². The van der Waals surface area contributed by atoms with Gasteiger partial charge in [0.05, 0.1) is 0 Å². The Morgan fingerprint density at radius 2 is 2.11 bits per heavy atom. The Kier molecular flexibility index (Phi) is 3.21. The number of hydrogen-bond acceptors (Lipinski definition) is 4. The van der Waals surface area contributed by atoms with Gasteiger partial charge in [-0.05, 0) is 4.47 Å². The average Bonchev–Trinajstić information content (AvgIpc) is 1.63. The van der Waals surface area contributed by atoms with Gasteiger partial charge in [0, 0.05) is 0 Å². The van der Waals surface area contributed by atoms with Crippen molar-refractivity contribution < 1.29 is 18.3 Å². The predicted octanol–water partition coefficient (Wildman–Crippen LogP) is -0.880. The zero-order valence-corrected chi connectivity index (χ0v) is 4.87. The van der Waals surface area contributed by atoms with Crippen molar-refractivity contribution in [1.29, 1.82) is 0 Å². The Hall–Kier alpha value is -1.24. The van der Waals surface area contributed by atoms with Gasteiger partial charge in [0.25, 0.3) is 0 Å². The highest BCUT2D eigenvalue weighted by molar-refractivity contribution is 7.61. The fourth-order valence-electron chi connectivity index (χ4n) is 0.111. The van der Waals surface area contributed by atoms with Crippen LogP contribution in [0.1, 0.15) is 0 Å². The summed E-state index contributed by atoms with van der Waals surface area (Å²) in [5.74, 6) is -1.34. The number of carboxylic acids is 1. The summed E-state index contributed by atoms with van der Waals surface area (Å²) in [6, 6.07) is 0. The molecule has 0 saturated heterocycles. The van der Waals surface area contributed by atoms with E-state index < -0.39 is 16.5 Å². The highest BCUT2D eigenvalue weighted by Gasteiger charge is 1.82. The molecule has 0 aliphatic heterocycles. The van der Waals surface area contributed by atoms with Gasteiger partial charge in [-0.3, -0.25) is 0 Å². The van der Waals surface area contributed by atoms with Crippen molar-refractivity contribution in [1.82, 2.24) is 0 Å². The Balaban J connectivity index is 4.05. The van der Waals surface area contributed by atoms with Crippen molar-refractivity contribution in [2.45, 2.75) is 0 Å². The van der Waals surface area contributed by atoms with Crippen LogP contribution in [-0.2, 0) is 15.3 Å². The van der Waals surface area contributed by atoms with Gasteiger partial charge in [0.15, 0.2) is 0 Å². The second-order valence-electron chi connectivity index (χ2n) is 0.882. The van der Waals surface area contributed by atoms with E-state index in [2.05, 4.69) is 9.57 Å². The second-order valence-corrected chi connectivity index (χ2v) is 1.48. The van der Waals surface area contributed by atoms with Gasteiger partial charge in [-0.15, -0.1) is 5.10 Å². The summed E-state index contributed by atoms with van der Waals surface area (Å²) in [7, 11) is -2.67. The maximum atomic E-state index is 9.57. The summed E-state index contributed by atoms with van der Waals surface area (Å²) in [6.45, 7) is 0. The van der Waals surface area contributed by atoms with Gasteiger partial charge in [0.1, 0.15) is 6.21 Å². The van der Waals surface area contributed by atoms with Crippen molar-refractivity contribution >= 4 is 22.7 Å². The molecule has 0 radical (unpaired) electrons. The molecule has 0 saturated carbocycles. The lowest BCUT2D eigenvalue weighted by atomic mass is 10.8. The largest absolute Gasteiger partial charge is 0.477 e. The SMILES string of the molecule is O=C(O)C=NN=S(=O)=O. The summed E-state index contributed by atoms with van der Waals surface area (Å²) in [4.78, 5) is 9.57. The summed E-state index contributed by atoms with van der Waals surface area (Å²) in [6.07, 6.45) is 0.371. The molecule has 50 valence electrons. The Morgan fingerprint density at radius 1 is 1.56 bits per heavy atom. The molecule has 0 aliphatic carbocycles. The van der Waals surface area contributed by atoms with Crippen LogP contribution in [0.3, 0.4) is 0 Å². The van der Waals surface area contributed by atoms with E-state index >= 15 is 0 Å². The summed E-state index contributed by atoms with van der Waals surface area (Å²) in [5.41, 5.74) is 0. The van der Waals surface area contributed by atoms with E-state index in [9.17, 15) is 13.2 Å². The minimum absolute atomic E-state index is 0.371. The number of nitrogens with zero attached hydrogens (tertiary/aromatic N) is 2. The van der Waals surface area contributed by atoms with Crippen LogP contribution < -0.4 is 0 Å². The molecule has 0 bridgehead atoms. The fraction of sp³-hybridized carbons (Fsp3) is 0. The molecule has 1 N–H and O–H groups in total. The minimum Gasteiger partial charge on any atom is -0.477 e. The first-order valence-corrected chi connectivity index (χ1v) is 2.72. The van der Waals surface area contributed by atoms with Crippen molar-refractivity contribution in [3.8, 4) is 0 Å². The van der Waals surface area contributed by atoms with Crippen LogP contribution in [0.4, 0.5) is 0 Å². The van der Waals surface area contributed by atoms with Crippen molar-refractivity contribution in [3.63, 3.8) is 0 Å². The molecule has 0 heterocycles. The van der Waals surface area contributed by atoms with E-state index in [0.29, 0.717) is 6.21 Å². The normalized spacial score (nSPS) is 9.33. The van der Waals surface area contributed by atoms with Gasteiger partial charge in [0.2, 0.25) is 0 Å². The monoisotopic (exact) mass is 150 g/mol. The van der Waals surface area contributed by atoms with Gasteiger partial charge in [-0.25, -0.2) is 4.79 Å². The van der Waals surface area contributed by atoms with E-state index in [4.69, 9.17) is 5.11 Å². The van der Waals surface area contributed by atoms with Crippen LogP contribution in [-0.4, -0.2) is 25.7 Å². The van der Waals surface area contributed by atoms with Crippen molar-refractivity contribution in [2.75, 3.05) is 0 Å². The topological polar surface area (TPSA) is 96.2 Å². The van der Waals surface area contributed by atoms with E-state index in [1.54, 1.807) is 0 Å². The third kappa shape index (κ3) is 6.76. The maximum Gasteiger partial charge on any atom is 0.348 e. The molecule has 9 heavy (non-hydrogen) atoms. The van der Waals surface area contributed by atoms with Crippen molar-refractivity contribution in [2.24, 2.45) is 9.57 Å². The number of aliphatic carboxylic acids is 1. The molecule has 0 aromatic rings. The quantitative estimate of drug-likeness (QED) is 0.408. The van der Waals surface area contributed by atoms with E-state index in [0.717, 1.165) is 0 Å². The molecule has 0 aliphatic rings. The number of carboxylic acid groups (broad SMARTS) is 1. The van der Waals surface area contributed by atoms with Gasteiger partial charge >= 0.3 is 16.5 Å². The smallest absolute Gasteiger partial charge is 0.348 e. The third-order valence-electron chi connectivity index (χ3n) is 0.282. The zero-order chi connectivity index (χ0) is 7.28. The first kappa shape index (κ1) is 7.76. The summed E-state index contributed by atoms with van der Waals surface area (Å²) in [5, 5.41) is 10.5. The molecule has 0 unspecified atom stereocenters. The van der Waals surface area contributed by atoms with Crippen LogP contribution in [0.5, 0.6) is 0 Å². The first-order chi connectivity index (χ1) is 4.13. The molecule has 0 rings (SSSR count). The fourth-order valence-corrected chi connectivity index (χ4v) is 0.236. The molecule has 7 heteroatoms. The molecule has 0 spiro atoms. The van der Waals surface area contributed by atoms with E-state index in [1.807, 2.05) is 0 Å². The maximum absolute atomic E-state index is 9.57. The van der Waals surface area contributed by atoms with Crippen LogP contribution in [0, 0.1) is 0 Å². The minimum atomic E-state index is -2.67. The first-order valence-electron chi connectivity index (χ1n) is 1.69. The van der Waals surface area contributed by atoms with Gasteiger partial charge in [-0.1, -0.05) is 0 Å². The lowest BCUT2D eigenvalue weighted by molar-refractivity contribution is -0.128. The molecule has 6 nitrogen and oxygen atoms in total. The second kappa shape index (κ2) is 3.72. The van der Waals surface area contributed by atoms with Crippen molar-refractivity contribution in [3.05, 3.63) is 0 Å². The standard InChI is InChI=1S/C2H2N2O4S/c5-2(6)1-3-4-9(7)8/h1H,(H,5,6).